The molecule has 3 rings (SSSR count). The lowest BCUT2D eigenvalue weighted by Crippen LogP contribution is -2.13. The van der Waals surface area contributed by atoms with Crippen LogP contribution in [0, 0.1) is 0 Å². The highest BCUT2D eigenvalue weighted by molar-refractivity contribution is 5.95. The summed E-state index contributed by atoms with van der Waals surface area (Å²) in [5, 5.41) is 9.81. The summed E-state index contributed by atoms with van der Waals surface area (Å²) in [6.45, 7) is 0.0918. The van der Waals surface area contributed by atoms with Crippen LogP contribution < -0.4 is 4.74 Å². The smallest absolute Gasteiger partial charge is 0.335 e. The van der Waals surface area contributed by atoms with Crippen LogP contribution in [-0.4, -0.2) is 17.7 Å². The quantitative estimate of drug-likeness (QED) is 0.794. The first-order chi connectivity index (χ1) is 7.74. The van der Waals surface area contributed by atoms with E-state index in [2.05, 4.69) is 0 Å². The van der Waals surface area contributed by atoms with E-state index < -0.39 is 5.97 Å². The highest BCUT2D eigenvalue weighted by Crippen LogP contribution is 2.31. The summed E-state index contributed by atoms with van der Waals surface area (Å²) >= 11 is 0. The second-order valence-corrected chi connectivity index (χ2v) is 3.61. The Morgan fingerprint density at radius 2 is 2.25 bits per heavy atom. The zero-order valence-corrected chi connectivity index (χ0v) is 8.27. The molecule has 0 saturated heterocycles. The molecule has 0 unspecified atom stereocenters. The van der Waals surface area contributed by atoms with Crippen molar-refractivity contribution in [1.29, 1.82) is 0 Å². The first-order valence-corrected chi connectivity index (χ1v) is 4.82. The first kappa shape index (κ1) is 9.03. The number of fused-ring (bicyclic) bond motifs is 2. The number of carbonyl (C=O) groups is 1. The van der Waals surface area contributed by atoms with Crippen LogP contribution >= 0.6 is 0 Å². The fraction of sp³-hybridized carbons (Fsp3) is 0.0833. The molecule has 4 nitrogen and oxygen atoms in total. The Balaban J connectivity index is 2.20. The molecule has 2 aromatic rings. The van der Waals surface area contributed by atoms with Crippen LogP contribution in [-0.2, 0) is 4.79 Å². The number of benzene rings is 1. The number of carboxylic acid groups (broad SMARTS) is 1. The maximum Gasteiger partial charge on any atom is 0.335 e. The van der Waals surface area contributed by atoms with Crippen molar-refractivity contribution >= 4 is 23.0 Å². The van der Waals surface area contributed by atoms with E-state index in [0.717, 1.165) is 16.5 Å². The standard InChI is InChI=1S/C12H8O4/c13-12(14)9-4-8-3-7-1-2-15-10(7)5-11(8)16-6-9/h1-5H,6H2,(H,13,14). The molecule has 1 aromatic carbocycles. The molecule has 1 aliphatic rings. The Hall–Kier alpha value is -2.23. The van der Waals surface area contributed by atoms with Crippen molar-refractivity contribution in [3.8, 4) is 5.75 Å². The van der Waals surface area contributed by atoms with Gasteiger partial charge in [0.15, 0.2) is 0 Å². The molecule has 4 heteroatoms. The molecule has 0 fully saturated rings. The largest absolute Gasteiger partial charge is 0.488 e. The molecule has 0 radical (unpaired) electrons. The van der Waals surface area contributed by atoms with Gasteiger partial charge in [-0.1, -0.05) is 0 Å². The maximum atomic E-state index is 10.8. The second kappa shape index (κ2) is 3.13. The Kier molecular flexibility index (Phi) is 1.77. The third-order valence-electron chi connectivity index (χ3n) is 2.57. The third kappa shape index (κ3) is 1.27. The number of ether oxygens (including phenoxy) is 1. The van der Waals surface area contributed by atoms with Crippen LogP contribution in [0.2, 0.25) is 0 Å². The monoisotopic (exact) mass is 216 g/mol. The highest BCUT2D eigenvalue weighted by atomic mass is 16.5. The average molecular weight is 216 g/mol. The summed E-state index contributed by atoms with van der Waals surface area (Å²) < 4.78 is 10.6. The predicted octanol–water partition coefficient (Wildman–Crippen LogP) is 2.29. The van der Waals surface area contributed by atoms with E-state index in [1.165, 1.54) is 0 Å². The van der Waals surface area contributed by atoms with Gasteiger partial charge in [-0.05, 0) is 18.2 Å². The molecule has 1 aliphatic heterocycles. The molecule has 0 aliphatic carbocycles. The van der Waals surface area contributed by atoms with Crippen LogP contribution in [0.5, 0.6) is 5.75 Å². The zero-order valence-electron chi connectivity index (χ0n) is 8.27. The normalized spacial score (nSPS) is 14.1. The third-order valence-corrected chi connectivity index (χ3v) is 2.57. The lowest BCUT2D eigenvalue weighted by Gasteiger charge is -2.15. The minimum Gasteiger partial charge on any atom is -0.488 e. The summed E-state index contributed by atoms with van der Waals surface area (Å²) in [6, 6.07) is 5.47. The van der Waals surface area contributed by atoms with Gasteiger partial charge in [-0.15, -0.1) is 0 Å². The number of rotatable bonds is 1. The molecule has 0 atom stereocenters. The van der Waals surface area contributed by atoms with Crippen LogP contribution in [0.15, 0.2) is 34.5 Å². The van der Waals surface area contributed by atoms with Crippen molar-refractivity contribution < 1.29 is 19.1 Å². The summed E-state index contributed by atoms with van der Waals surface area (Å²) in [4.78, 5) is 10.8. The lowest BCUT2D eigenvalue weighted by molar-refractivity contribution is -0.132. The van der Waals surface area contributed by atoms with Crippen LogP contribution in [0.4, 0.5) is 0 Å². The molecule has 0 spiro atoms. The number of hydrogen-bond donors (Lipinski definition) is 1. The fourth-order valence-corrected chi connectivity index (χ4v) is 1.75. The molecule has 0 saturated carbocycles. The van der Waals surface area contributed by atoms with E-state index in [9.17, 15) is 4.79 Å². The highest BCUT2D eigenvalue weighted by Gasteiger charge is 2.17. The van der Waals surface area contributed by atoms with Crippen LogP contribution in [0.1, 0.15) is 5.56 Å². The first-order valence-electron chi connectivity index (χ1n) is 4.82. The van der Waals surface area contributed by atoms with Gasteiger partial charge in [0, 0.05) is 17.0 Å². The number of carboxylic acids is 1. The molecule has 1 N–H and O–H groups in total. The molecule has 80 valence electrons. The molecular weight excluding hydrogens is 208 g/mol. The minimum absolute atomic E-state index is 0.0918. The van der Waals surface area contributed by atoms with E-state index in [1.54, 1.807) is 18.4 Å². The van der Waals surface area contributed by atoms with Gasteiger partial charge in [-0.25, -0.2) is 4.79 Å². The fourth-order valence-electron chi connectivity index (χ4n) is 1.75. The lowest BCUT2D eigenvalue weighted by atomic mass is 10.1. The number of furan rings is 1. The molecule has 0 bridgehead atoms. The summed E-state index contributed by atoms with van der Waals surface area (Å²) in [5.74, 6) is -0.287. The van der Waals surface area contributed by atoms with Gasteiger partial charge in [0.1, 0.15) is 17.9 Å². The van der Waals surface area contributed by atoms with Crippen LogP contribution in [0.25, 0.3) is 17.0 Å². The van der Waals surface area contributed by atoms with E-state index in [1.807, 2.05) is 12.1 Å². The number of hydrogen-bond acceptors (Lipinski definition) is 3. The van der Waals surface area contributed by atoms with Gasteiger partial charge < -0.3 is 14.3 Å². The van der Waals surface area contributed by atoms with Crippen molar-refractivity contribution in [2.75, 3.05) is 6.61 Å². The SMILES string of the molecule is O=C(O)C1=Cc2cc3ccoc3cc2OC1. The Bertz CT molecular complexity index is 607. The molecule has 0 amide bonds. The summed E-state index contributed by atoms with van der Waals surface area (Å²) in [7, 11) is 0. The minimum atomic E-state index is -0.946. The molecule has 2 heterocycles. The Morgan fingerprint density at radius 1 is 1.38 bits per heavy atom. The van der Waals surface area contributed by atoms with Gasteiger partial charge >= 0.3 is 5.97 Å². The second-order valence-electron chi connectivity index (χ2n) is 3.61. The maximum absolute atomic E-state index is 10.8. The summed E-state index contributed by atoms with van der Waals surface area (Å²) in [6.07, 6.45) is 3.23. The van der Waals surface area contributed by atoms with Crippen molar-refractivity contribution in [2.45, 2.75) is 0 Å². The number of aliphatic carboxylic acids is 1. The summed E-state index contributed by atoms with van der Waals surface area (Å²) in [5.41, 5.74) is 1.78. The predicted molar refractivity (Wildman–Crippen MR) is 57.3 cm³/mol. The molecular formula is C12H8O4. The van der Waals surface area contributed by atoms with Crippen molar-refractivity contribution in [1.82, 2.24) is 0 Å². The molecule has 1 aromatic heterocycles. The van der Waals surface area contributed by atoms with Crippen molar-refractivity contribution in [2.24, 2.45) is 0 Å². The van der Waals surface area contributed by atoms with Gasteiger partial charge in [-0.3, -0.25) is 0 Å². The molecule has 16 heavy (non-hydrogen) atoms. The van der Waals surface area contributed by atoms with Crippen molar-refractivity contribution in [3.05, 3.63) is 35.6 Å². The van der Waals surface area contributed by atoms with E-state index in [0.29, 0.717) is 5.75 Å². The van der Waals surface area contributed by atoms with Crippen molar-refractivity contribution in [3.63, 3.8) is 0 Å². The Morgan fingerprint density at radius 3 is 3.06 bits per heavy atom. The van der Waals surface area contributed by atoms with Gasteiger partial charge in [-0.2, -0.15) is 0 Å². The topological polar surface area (TPSA) is 59.7 Å². The van der Waals surface area contributed by atoms with E-state index in [4.69, 9.17) is 14.3 Å². The van der Waals surface area contributed by atoms with Gasteiger partial charge in [0.2, 0.25) is 0 Å². The zero-order chi connectivity index (χ0) is 11.1. The van der Waals surface area contributed by atoms with E-state index >= 15 is 0 Å². The van der Waals surface area contributed by atoms with E-state index in [-0.39, 0.29) is 12.2 Å². The average Bonchev–Trinajstić information content (AvgIpc) is 2.71. The Labute approximate surface area is 90.7 Å². The van der Waals surface area contributed by atoms with Gasteiger partial charge in [0.25, 0.3) is 0 Å². The van der Waals surface area contributed by atoms with Crippen LogP contribution in [0.3, 0.4) is 0 Å². The van der Waals surface area contributed by atoms with Gasteiger partial charge in [0.05, 0.1) is 11.8 Å².